The molecule has 0 amide bonds. The van der Waals surface area contributed by atoms with Crippen LogP contribution in [0.25, 0.3) is 0 Å². The summed E-state index contributed by atoms with van der Waals surface area (Å²) in [4.78, 5) is 48.8. The van der Waals surface area contributed by atoms with E-state index in [4.69, 9.17) is 23.7 Å². The van der Waals surface area contributed by atoms with Gasteiger partial charge in [0.05, 0.1) is 0 Å². The van der Waals surface area contributed by atoms with Gasteiger partial charge in [0.25, 0.3) is 0 Å². The first kappa shape index (κ1) is 17.7. The average molecular weight is 378 g/mol. The van der Waals surface area contributed by atoms with Crippen molar-refractivity contribution in [2.24, 2.45) is 11.8 Å². The van der Waals surface area contributed by atoms with Gasteiger partial charge < -0.3 is 23.7 Å². The number of carbonyl (C=O) groups is 4. The molecule has 144 valence electrons. The summed E-state index contributed by atoms with van der Waals surface area (Å²) in [6.07, 6.45) is -3.81. The van der Waals surface area contributed by atoms with Gasteiger partial charge in [0.2, 0.25) is 5.76 Å². The standard InChI is InChI=1S/C18H18O9/c1-5(2)15(19)26-13-11-8(9-12(24-11)14(13)27-17(9)21)16(20)25-10-6(3)7(4)23-18(10)22/h7-9,11-14H,1H2,2-4H3. The van der Waals surface area contributed by atoms with Gasteiger partial charge in [-0.3, -0.25) is 9.59 Å². The van der Waals surface area contributed by atoms with E-state index < -0.39 is 66.2 Å². The predicted octanol–water partition coefficient (Wildman–Crippen LogP) is 0.176. The predicted molar refractivity (Wildman–Crippen MR) is 84.6 cm³/mol. The van der Waals surface area contributed by atoms with Gasteiger partial charge in [-0.25, -0.2) is 9.59 Å². The van der Waals surface area contributed by atoms with E-state index >= 15 is 0 Å². The van der Waals surface area contributed by atoms with Crippen LogP contribution in [0.3, 0.4) is 0 Å². The Kier molecular flexibility index (Phi) is 3.88. The highest BCUT2D eigenvalue weighted by Gasteiger charge is 2.72. The molecule has 0 aromatic rings. The zero-order valence-corrected chi connectivity index (χ0v) is 14.9. The van der Waals surface area contributed by atoms with E-state index in [2.05, 4.69) is 6.58 Å². The molecule has 0 aromatic heterocycles. The first-order valence-electron chi connectivity index (χ1n) is 8.56. The summed E-state index contributed by atoms with van der Waals surface area (Å²) in [5, 5.41) is 0. The van der Waals surface area contributed by atoms with Crippen molar-refractivity contribution in [2.45, 2.75) is 51.3 Å². The summed E-state index contributed by atoms with van der Waals surface area (Å²) in [5.41, 5.74) is 0.649. The summed E-state index contributed by atoms with van der Waals surface area (Å²) < 4.78 is 26.6. The molecule has 0 spiro atoms. The zero-order chi connectivity index (χ0) is 19.6. The van der Waals surface area contributed by atoms with Crippen LogP contribution in [-0.2, 0) is 42.9 Å². The van der Waals surface area contributed by atoms with Crippen LogP contribution < -0.4 is 0 Å². The number of rotatable bonds is 4. The summed E-state index contributed by atoms with van der Waals surface area (Å²) in [6.45, 7) is 8.26. The molecule has 3 fully saturated rings. The molecule has 9 heteroatoms. The molecule has 0 N–H and O–H groups in total. The Hall–Kier alpha value is -2.68. The third-order valence-electron chi connectivity index (χ3n) is 5.41. The van der Waals surface area contributed by atoms with Crippen LogP contribution in [-0.4, -0.2) is 54.4 Å². The number of cyclic esters (lactones) is 1. The molecule has 7 unspecified atom stereocenters. The van der Waals surface area contributed by atoms with E-state index in [-0.39, 0.29) is 11.3 Å². The van der Waals surface area contributed by atoms with Crippen LogP contribution in [0.15, 0.2) is 23.5 Å². The normalized spacial score (nSPS) is 38.7. The van der Waals surface area contributed by atoms with E-state index in [9.17, 15) is 19.2 Å². The van der Waals surface area contributed by atoms with E-state index in [0.29, 0.717) is 5.57 Å². The molecular formula is C18H18O9. The van der Waals surface area contributed by atoms with Crippen LogP contribution >= 0.6 is 0 Å². The molecular weight excluding hydrogens is 360 g/mol. The van der Waals surface area contributed by atoms with Gasteiger partial charge in [-0.1, -0.05) is 6.58 Å². The highest BCUT2D eigenvalue weighted by molar-refractivity contribution is 5.95. The Labute approximate surface area is 154 Å². The molecule has 0 aromatic carbocycles. The lowest BCUT2D eigenvalue weighted by molar-refractivity contribution is -0.160. The molecule has 4 heterocycles. The van der Waals surface area contributed by atoms with E-state index in [1.165, 1.54) is 6.92 Å². The molecule has 27 heavy (non-hydrogen) atoms. The molecule has 4 aliphatic heterocycles. The van der Waals surface area contributed by atoms with Crippen molar-refractivity contribution in [3.05, 3.63) is 23.5 Å². The van der Waals surface area contributed by atoms with Gasteiger partial charge in [-0.2, -0.15) is 0 Å². The largest absolute Gasteiger partial charge is 0.455 e. The molecule has 3 saturated heterocycles. The minimum Gasteiger partial charge on any atom is -0.455 e. The maximum Gasteiger partial charge on any atom is 0.375 e. The molecule has 2 bridgehead atoms. The first-order valence-corrected chi connectivity index (χ1v) is 8.56. The zero-order valence-electron chi connectivity index (χ0n) is 14.9. The number of ether oxygens (including phenoxy) is 5. The average Bonchev–Trinajstić information content (AvgIpc) is 3.26. The van der Waals surface area contributed by atoms with Crippen LogP contribution in [0, 0.1) is 11.8 Å². The number of hydrogen-bond donors (Lipinski definition) is 0. The van der Waals surface area contributed by atoms with Crippen LogP contribution in [0.4, 0.5) is 0 Å². The molecule has 7 atom stereocenters. The molecule has 0 radical (unpaired) electrons. The van der Waals surface area contributed by atoms with Crippen molar-refractivity contribution < 1.29 is 42.9 Å². The number of fused-ring (bicyclic) bond motifs is 1. The van der Waals surface area contributed by atoms with Crippen LogP contribution in [0.5, 0.6) is 0 Å². The van der Waals surface area contributed by atoms with Crippen molar-refractivity contribution >= 4 is 23.9 Å². The third-order valence-corrected chi connectivity index (χ3v) is 5.41. The van der Waals surface area contributed by atoms with Gasteiger partial charge in [0, 0.05) is 11.1 Å². The molecule has 4 aliphatic rings. The van der Waals surface area contributed by atoms with Gasteiger partial charge >= 0.3 is 23.9 Å². The quantitative estimate of drug-likeness (QED) is 0.384. The van der Waals surface area contributed by atoms with Crippen molar-refractivity contribution in [3.8, 4) is 0 Å². The van der Waals surface area contributed by atoms with Crippen molar-refractivity contribution in [2.75, 3.05) is 0 Å². The van der Waals surface area contributed by atoms with Gasteiger partial charge in [-0.15, -0.1) is 0 Å². The number of esters is 4. The van der Waals surface area contributed by atoms with Crippen LogP contribution in [0.2, 0.25) is 0 Å². The monoisotopic (exact) mass is 378 g/mol. The van der Waals surface area contributed by atoms with E-state index in [1.807, 2.05) is 0 Å². The first-order chi connectivity index (χ1) is 12.7. The Morgan fingerprint density at radius 2 is 1.81 bits per heavy atom. The van der Waals surface area contributed by atoms with Crippen molar-refractivity contribution in [1.82, 2.24) is 0 Å². The second-order valence-electron chi connectivity index (χ2n) is 7.15. The smallest absolute Gasteiger partial charge is 0.375 e. The highest BCUT2D eigenvalue weighted by atomic mass is 16.7. The highest BCUT2D eigenvalue weighted by Crippen LogP contribution is 2.51. The Bertz CT molecular complexity index is 810. The Balaban J connectivity index is 1.58. The fraction of sp³-hybridized carbons (Fsp3) is 0.556. The fourth-order valence-corrected chi connectivity index (χ4v) is 3.90. The maximum atomic E-state index is 12.8. The third kappa shape index (κ3) is 2.48. The van der Waals surface area contributed by atoms with Gasteiger partial charge in [0.1, 0.15) is 30.1 Å². The van der Waals surface area contributed by atoms with Gasteiger partial charge in [-0.05, 0) is 20.8 Å². The topological polar surface area (TPSA) is 114 Å². The summed E-state index contributed by atoms with van der Waals surface area (Å²) in [7, 11) is 0. The minimum absolute atomic E-state index is 0.168. The lowest BCUT2D eigenvalue weighted by atomic mass is 9.78. The van der Waals surface area contributed by atoms with E-state index in [0.717, 1.165) is 0 Å². The fourth-order valence-electron chi connectivity index (χ4n) is 3.90. The van der Waals surface area contributed by atoms with Crippen molar-refractivity contribution in [1.29, 1.82) is 0 Å². The van der Waals surface area contributed by atoms with Crippen molar-refractivity contribution in [3.63, 3.8) is 0 Å². The van der Waals surface area contributed by atoms with Gasteiger partial charge in [0.15, 0.2) is 12.2 Å². The summed E-state index contributed by atoms with van der Waals surface area (Å²) in [6, 6.07) is 0. The Morgan fingerprint density at radius 3 is 2.41 bits per heavy atom. The summed E-state index contributed by atoms with van der Waals surface area (Å²) >= 11 is 0. The molecule has 0 aliphatic carbocycles. The molecule has 9 nitrogen and oxygen atoms in total. The minimum atomic E-state index is -1.05. The second kappa shape index (κ2) is 5.91. The lowest BCUT2D eigenvalue weighted by Gasteiger charge is -2.27. The van der Waals surface area contributed by atoms with E-state index in [1.54, 1.807) is 13.8 Å². The maximum absolute atomic E-state index is 12.8. The molecule has 0 saturated carbocycles. The summed E-state index contributed by atoms with van der Waals surface area (Å²) in [5.74, 6) is -4.94. The SMILES string of the molecule is C=C(C)C(=O)OC1C2OC(=O)C3C2OC1C3C(=O)OC1=C(C)C(C)OC1=O. The number of carbonyl (C=O) groups excluding carboxylic acids is 4. The molecule has 4 rings (SSSR count). The number of hydrogen-bond acceptors (Lipinski definition) is 9. The van der Waals surface area contributed by atoms with Crippen LogP contribution in [0.1, 0.15) is 20.8 Å². The lowest BCUT2D eigenvalue weighted by Crippen LogP contribution is -2.48. The second-order valence-corrected chi connectivity index (χ2v) is 7.15. The Morgan fingerprint density at radius 1 is 1.11 bits per heavy atom.